The molecule has 0 amide bonds. The number of rotatable bonds is 6. The average Bonchev–Trinajstić information content (AvgIpc) is 2.59. The third-order valence-electron chi connectivity index (χ3n) is 2.59. The molecule has 0 aliphatic heterocycles. The number of nitrogens with zero attached hydrogens (tertiary/aromatic N) is 1. The zero-order valence-corrected chi connectivity index (χ0v) is 10.8. The first-order valence-electron chi connectivity index (χ1n) is 5.20. The van der Waals surface area contributed by atoms with Gasteiger partial charge in [0.05, 0.1) is 16.8 Å². The Morgan fingerprint density at radius 2 is 2.27 bits per heavy atom. The molecule has 0 bridgehead atoms. The van der Waals surface area contributed by atoms with Crippen molar-refractivity contribution in [3.8, 4) is 0 Å². The average molecular weight is 228 g/mol. The second-order valence-corrected chi connectivity index (χ2v) is 5.19. The standard InChI is InChI=1S/C11H20N2OS/c1-9-10(15-8-13-9)7-12-6-5-11(2,3)14-4/h8,12H,5-7H2,1-4H3. The summed E-state index contributed by atoms with van der Waals surface area (Å²) in [6.07, 6.45) is 1.02. The van der Waals surface area contributed by atoms with Crippen LogP contribution in [0.25, 0.3) is 0 Å². The quantitative estimate of drug-likeness (QED) is 0.759. The summed E-state index contributed by atoms with van der Waals surface area (Å²) < 4.78 is 5.35. The highest BCUT2D eigenvalue weighted by atomic mass is 32.1. The highest BCUT2D eigenvalue weighted by molar-refractivity contribution is 7.09. The minimum absolute atomic E-state index is 0.0320. The van der Waals surface area contributed by atoms with Crippen LogP contribution in [0.1, 0.15) is 30.8 Å². The smallest absolute Gasteiger partial charge is 0.0798 e. The van der Waals surface area contributed by atoms with E-state index in [-0.39, 0.29) is 5.60 Å². The van der Waals surface area contributed by atoms with Gasteiger partial charge < -0.3 is 10.1 Å². The van der Waals surface area contributed by atoms with Gasteiger partial charge in [-0.05, 0) is 33.7 Å². The Morgan fingerprint density at radius 3 is 2.80 bits per heavy atom. The van der Waals surface area contributed by atoms with Crippen LogP contribution in [0.2, 0.25) is 0 Å². The maximum absolute atomic E-state index is 5.35. The molecule has 0 unspecified atom stereocenters. The Balaban J connectivity index is 2.20. The number of hydrogen-bond acceptors (Lipinski definition) is 4. The van der Waals surface area contributed by atoms with Crippen molar-refractivity contribution in [2.75, 3.05) is 13.7 Å². The van der Waals surface area contributed by atoms with Crippen LogP contribution in [-0.2, 0) is 11.3 Å². The number of nitrogens with one attached hydrogen (secondary N) is 1. The van der Waals surface area contributed by atoms with Crippen LogP contribution in [0.3, 0.4) is 0 Å². The third kappa shape index (κ3) is 4.28. The Kier molecular flexibility index (Phi) is 4.70. The Bertz CT molecular complexity index is 297. The molecule has 0 aliphatic rings. The molecule has 4 heteroatoms. The van der Waals surface area contributed by atoms with Gasteiger partial charge >= 0.3 is 0 Å². The van der Waals surface area contributed by atoms with E-state index in [0.29, 0.717) is 0 Å². The predicted molar refractivity (Wildman–Crippen MR) is 64.3 cm³/mol. The summed E-state index contributed by atoms with van der Waals surface area (Å²) in [5, 5.41) is 3.41. The molecule has 0 spiro atoms. The molecule has 1 N–H and O–H groups in total. The molecule has 1 aromatic rings. The molecule has 1 rings (SSSR count). The first kappa shape index (κ1) is 12.6. The maximum Gasteiger partial charge on any atom is 0.0798 e. The number of hydrogen-bond donors (Lipinski definition) is 1. The van der Waals surface area contributed by atoms with Crippen molar-refractivity contribution in [1.29, 1.82) is 0 Å². The zero-order valence-electron chi connectivity index (χ0n) is 9.96. The molecule has 15 heavy (non-hydrogen) atoms. The molecule has 0 atom stereocenters. The number of methoxy groups -OCH3 is 1. The summed E-state index contributed by atoms with van der Waals surface area (Å²) in [6, 6.07) is 0. The van der Waals surface area contributed by atoms with E-state index in [9.17, 15) is 0 Å². The predicted octanol–water partition coefficient (Wildman–Crippen LogP) is 2.36. The van der Waals surface area contributed by atoms with Crippen LogP contribution < -0.4 is 5.32 Å². The van der Waals surface area contributed by atoms with Crippen molar-refractivity contribution in [3.05, 3.63) is 16.1 Å². The molecular weight excluding hydrogens is 208 g/mol. The Hall–Kier alpha value is -0.450. The van der Waals surface area contributed by atoms with Crippen molar-refractivity contribution >= 4 is 11.3 Å². The molecular formula is C11H20N2OS. The topological polar surface area (TPSA) is 34.1 Å². The van der Waals surface area contributed by atoms with Crippen LogP contribution in [0.5, 0.6) is 0 Å². The molecule has 0 saturated heterocycles. The number of aryl methyl sites for hydroxylation is 1. The van der Waals surface area contributed by atoms with Gasteiger partial charge in [0.1, 0.15) is 0 Å². The molecule has 1 heterocycles. The minimum Gasteiger partial charge on any atom is -0.379 e. The van der Waals surface area contributed by atoms with E-state index < -0.39 is 0 Å². The van der Waals surface area contributed by atoms with Gasteiger partial charge in [-0.1, -0.05) is 0 Å². The number of thiazole rings is 1. The van der Waals surface area contributed by atoms with Gasteiger partial charge in [0.15, 0.2) is 0 Å². The maximum atomic E-state index is 5.35. The van der Waals surface area contributed by atoms with Gasteiger partial charge in [-0.3, -0.25) is 0 Å². The van der Waals surface area contributed by atoms with E-state index in [1.165, 1.54) is 4.88 Å². The van der Waals surface area contributed by atoms with E-state index in [2.05, 4.69) is 24.1 Å². The van der Waals surface area contributed by atoms with Crippen molar-refractivity contribution in [2.45, 2.75) is 39.3 Å². The summed E-state index contributed by atoms with van der Waals surface area (Å²) >= 11 is 1.71. The fraction of sp³-hybridized carbons (Fsp3) is 0.727. The third-order valence-corrected chi connectivity index (χ3v) is 3.52. The van der Waals surface area contributed by atoms with Crippen molar-refractivity contribution in [2.24, 2.45) is 0 Å². The fourth-order valence-corrected chi connectivity index (χ4v) is 1.94. The summed E-state index contributed by atoms with van der Waals surface area (Å²) in [4.78, 5) is 5.54. The lowest BCUT2D eigenvalue weighted by Gasteiger charge is -2.22. The summed E-state index contributed by atoms with van der Waals surface area (Å²) in [7, 11) is 1.76. The molecule has 3 nitrogen and oxygen atoms in total. The molecule has 0 saturated carbocycles. The monoisotopic (exact) mass is 228 g/mol. The summed E-state index contributed by atoms with van der Waals surface area (Å²) in [5.41, 5.74) is 3.00. The van der Waals surface area contributed by atoms with E-state index in [4.69, 9.17) is 4.74 Å². The van der Waals surface area contributed by atoms with Crippen LogP contribution in [-0.4, -0.2) is 24.2 Å². The molecule has 0 aromatic carbocycles. The van der Waals surface area contributed by atoms with Gasteiger partial charge in [-0.15, -0.1) is 11.3 Å². The lowest BCUT2D eigenvalue weighted by atomic mass is 10.1. The molecule has 0 fully saturated rings. The van der Waals surface area contributed by atoms with Gasteiger partial charge in [-0.2, -0.15) is 0 Å². The second kappa shape index (κ2) is 5.58. The summed E-state index contributed by atoms with van der Waals surface area (Å²) in [5.74, 6) is 0. The van der Waals surface area contributed by atoms with Crippen molar-refractivity contribution in [3.63, 3.8) is 0 Å². The zero-order chi connectivity index (χ0) is 11.3. The lowest BCUT2D eigenvalue weighted by Crippen LogP contribution is -2.28. The Morgan fingerprint density at radius 1 is 1.53 bits per heavy atom. The van der Waals surface area contributed by atoms with E-state index in [1.54, 1.807) is 18.4 Å². The second-order valence-electron chi connectivity index (χ2n) is 4.25. The molecule has 0 aliphatic carbocycles. The van der Waals surface area contributed by atoms with Crippen LogP contribution in [0.15, 0.2) is 5.51 Å². The van der Waals surface area contributed by atoms with Gasteiger partial charge in [0.2, 0.25) is 0 Å². The fourth-order valence-electron chi connectivity index (χ4n) is 1.19. The van der Waals surface area contributed by atoms with Crippen LogP contribution in [0, 0.1) is 6.92 Å². The SMILES string of the molecule is COC(C)(C)CCNCc1scnc1C. The summed E-state index contributed by atoms with van der Waals surface area (Å²) in [6.45, 7) is 8.14. The minimum atomic E-state index is -0.0320. The first-order valence-corrected chi connectivity index (χ1v) is 6.08. The van der Waals surface area contributed by atoms with E-state index in [1.807, 2.05) is 12.4 Å². The van der Waals surface area contributed by atoms with Crippen molar-refractivity contribution < 1.29 is 4.74 Å². The highest BCUT2D eigenvalue weighted by Crippen LogP contribution is 2.13. The van der Waals surface area contributed by atoms with Crippen LogP contribution >= 0.6 is 11.3 Å². The molecule has 86 valence electrons. The van der Waals surface area contributed by atoms with Gasteiger partial charge in [0, 0.05) is 18.5 Å². The van der Waals surface area contributed by atoms with E-state index >= 15 is 0 Å². The van der Waals surface area contributed by atoms with Crippen molar-refractivity contribution in [1.82, 2.24) is 10.3 Å². The molecule has 0 radical (unpaired) electrons. The largest absolute Gasteiger partial charge is 0.379 e. The lowest BCUT2D eigenvalue weighted by molar-refractivity contribution is 0.0158. The Labute approximate surface area is 95.9 Å². The first-order chi connectivity index (χ1) is 7.05. The van der Waals surface area contributed by atoms with Gasteiger partial charge in [-0.25, -0.2) is 4.98 Å². The highest BCUT2D eigenvalue weighted by Gasteiger charge is 2.15. The van der Waals surface area contributed by atoms with E-state index in [0.717, 1.165) is 25.2 Å². The molecule has 1 aromatic heterocycles. The van der Waals surface area contributed by atoms with Gasteiger partial charge in [0.25, 0.3) is 0 Å². The number of aromatic nitrogens is 1. The van der Waals surface area contributed by atoms with Crippen LogP contribution in [0.4, 0.5) is 0 Å². The number of ether oxygens (including phenoxy) is 1. The normalized spacial score (nSPS) is 12.0.